The van der Waals surface area contributed by atoms with Crippen molar-refractivity contribution in [3.8, 4) is 0 Å². The van der Waals surface area contributed by atoms with Gasteiger partial charge in [0.05, 0.1) is 0 Å². The lowest BCUT2D eigenvalue weighted by Crippen LogP contribution is -2.54. The maximum absolute atomic E-state index is 12.0. The minimum atomic E-state index is -0.736. The number of carbonyl (C=O) groups excluding carboxylic acids is 1. The zero-order chi connectivity index (χ0) is 11.8. The molecule has 16 heavy (non-hydrogen) atoms. The molecular weight excluding hydrogens is 206 g/mol. The van der Waals surface area contributed by atoms with Crippen molar-refractivity contribution in [2.45, 2.75) is 39.0 Å². The van der Waals surface area contributed by atoms with Gasteiger partial charge in [0.2, 0.25) is 5.91 Å². The average Bonchev–Trinajstić information content (AvgIpc) is 2.92. The van der Waals surface area contributed by atoms with Gasteiger partial charge >= 0.3 is 0 Å². The standard InChI is InChI=1S/C11H19N3O2/c1-10(5-6-10)7-13-9(15)11(3-2-4-11)8(12)14-16/h16H,2-7H2,1H3,(H2,12,14)(H,13,15). The van der Waals surface area contributed by atoms with Gasteiger partial charge in [-0.25, -0.2) is 0 Å². The molecule has 0 spiro atoms. The summed E-state index contributed by atoms with van der Waals surface area (Å²) in [6.07, 6.45) is 4.67. The first-order valence-corrected chi connectivity index (χ1v) is 5.79. The Morgan fingerprint density at radius 1 is 1.44 bits per heavy atom. The number of nitrogens with two attached hydrogens (primary N) is 1. The van der Waals surface area contributed by atoms with Crippen molar-refractivity contribution < 1.29 is 10.0 Å². The van der Waals surface area contributed by atoms with Crippen molar-refractivity contribution in [2.24, 2.45) is 21.7 Å². The lowest BCUT2D eigenvalue weighted by Gasteiger charge is -2.38. The van der Waals surface area contributed by atoms with Gasteiger partial charge in [0.1, 0.15) is 5.41 Å². The number of amidine groups is 1. The van der Waals surface area contributed by atoms with Crippen LogP contribution < -0.4 is 11.1 Å². The molecule has 5 nitrogen and oxygen atoms in total. The molecule has 0 radical (unpaired) electrons. The fourth-order valence-electron chi connectivity index (χ4n) is 2.08. The van der Waals surface area contributed by atoms with Gasteiger partial charge in [0, 0.05) is 6.54 Å². The molecule has 2 saturated carbocycles. The van der Waals surface area contributed by atoms with Crippen LogP contribution in [0.25, 0.3) is 0 Å². The molecule has 0 aliphatic heterocycles. The fraction of sp³-hybridized carbons (Fsp3) is 0.818. The predicted molar refractivity (Wildman–Crippen MR) is 60.0 cm³/mol. The van der Waals surface area contributed by atoms with Gasteiger partial charge in [-0.05, 0) is 31.1 Å². The van der Waals surface area contributed by atoms with Crippen LogP contribution in [0.5, 0.6) is 0 Å². The molecule has 0 unspecified atom stereocenters. The second kappa shape index (κ2) is 3.64. The summed E-state index contributed by atoms with van der Waals surface area (Å²) in [5.74, 6) is -0.0284. The highest BCUT2D eigenvalue weighted by atomic mass is 16.4. The summed E-state index contributed by atoms with van der Waals surface area (Å²) >= 11 is 0. The van der Waals surface area contributed by atoms with Gasteiger partial charge in [-0.2, -0.15) is 0 Å². The Labute approximate surface area is 95.1 Å². The van der Waals surface area contributed by atoms with E-state index in [1.807, 2.05) is 0 Å². The van der Waals surface area contributed by atoms with Gasteiger partial charge in [-0.15, -0.1) is 0 Å². The summed E-state index contributed by atoms with van der Waals surface area (Å²) in [7, 11) is 0. The second-order valence-corrected chi connectivity index (χ2v) is 5.41. The molecule has 0 bridgehead atoms. The Balaban J connectivity index is 1.96. The molecule has 0 aromatic heterocycles. The van der Waals surface area contributed by atoms with Crippen molar-refractivity contribution in [3.05, 3.63) is 0 Å². The molecule has 5 heteroatoms. The summed E-state index contributed by atoms with van der Waals surface area (Å²) in [6.45, 7) is 2.86. The molecule has 2 aliphatic rings. The van der Waals surface area contributed by atoms with E-state index in [9.17, 15) is 4.79 Å². The number of amides is 1. The van der Waals surface area contributed by atoms with Gasteiger partial charge in [0.25, 0.3) is 0 Å². The Kier molecular flexibility index (Phi) is 2.56. The minimum absolute atomic E-state index is 0.0530. The number of hydrogen-bond donors (Lipinski definition) is 3. The number of oxime groups is 1. The van der Waals surface area contributed by atoms with Crippen molar-refractivity contribution in [1.82, 2.24) is 5.32 Å². The molecule has 0 saturated heterocycles. The van der Waals surface area contributed by atoms with Crippen LogP contribution in [0, 0.1) is 10.8 Å². The second-order valence-electron chi connectivity index (χ2n) is 5.41. The maximum atomic E-state index is 12.0. The molecule has 0 aromatic rings. The molecule has 90 valence electrons. The zero-order valence-corrected chi connectivity index (χ0v) is 9.62. The van der Waals surface area contributed by atoms with E-state index in [-0.39, 0.29) is 17.2 Å². The van der Waals surface area contributed by atoms with E-state index in [2.05, 4.69) is 17.4 Å². The highest BCUT2D eigenvalue weighted by Gasteiger charge is 2.49. The first kappa shape index (κ1) is 11.2. The van der Waals surface area contributed by atoms with Gasteiger partial charge in [-0.3, -0.25) is 4.79 Å². The van der Waals surface area contributed by atoms with Crippen LogP contribution >= 0.6 is 0 Å². The van der Waals surface area contributed by atoms with Crippen LogP contribution in [0.15, 0.2) is 5.16 Å². The van der Waals surface area contributed by atoms with E-state index in [1.165, 1.54) is 12.8 Å². The molecule has 2 fully saturated rings. The van der Waals surface area contributed by atoms with E-state index in [4.69, 9.17) is 10.9 Å². The Bertz CT molecular complexity index is 330. The number of nitrogens with zero attached hydrogens (tertiary/aromatic N) is 1. The zero-order valence-electron chi connectivity index (χ0n) is 9.62. The van der Waals surface area contributed by atoms with E-state index in [1.54, 1.807) is 0 Å². The summed E-state index contributed by atoms with van der Waals surface area (Å²) in [5, 5.41) is 14.6. The quantitative estimate of drug-likeness (QED) is 0.286. The van der Waals surface area contributed by atoms with Crippen LogP contribution in [-0.4, -0.2) is 23.5 Å². The SMILES string of the molecule is CC1(CNC(=O)C2(C(N)=NO)CCC2)CC1. The largest absolute Gasteiger partial charge is 0.409 e. The minimum Gasteiger partial charge on any atom is -0.409 e. The normalized spacial score (nSPS) is 25.7. The van der Waals surface area contributed by atoms with Crippen molar-refractivity contribution >= 4 is 11.7 Å². The van der Waals surface area contributed by atoms with Crippen LogP contribution in [-0.2, 0) is 4.79 Å². The van der Waals surface area contributed by atoms with Gasteiger partial charge < -0.3 is 16.3 Å². The molecule has 1 amide bonds. The first-order chi connectivity index (χ1) is 7.52. The molecule has 2 rings (SSSR count). The molecule has 2 aliphatic carbocycles. The third-order valence-corrected chi connectivity index (χ3v) is 4.02. The number of hydrogen-bond acceptors (Lipinski definition) is 3. The topological polar surface area (TPSA) is 87.7 Å². The Morgan fingerprint density at radius 3 is 2.44 bits per heavy atom. The highest BCUT2D eigenvalue weighted by molar-refractivity contribution is 6.07. The molecule has 0 aromatic carbocycles. The molecule has 0 heterocycles. The molecule has 4 N–H and O–H groups in total. The van der Waals surface area contributed by atoms with E-state index in [0.29, 0.717) is 19.4 Å². The smallest absolute Gasteiger partial charge is 0.233 e. The average molecular weight is 225 g/mol. The van der Waals surface area contributed by atoms with Gasteiger partial charge in [-0.1, -0.05) is 18.5 Å². The third kappa shape index (κ3) is 1.74. The summed E-state index contributed by atoms with van der Waals surface area (Å²) < 4.78 is 0. The van der Waals surface area contributed by atoms with Crippen molar-refractivity contribution in [3.63, 3.8) is 0 Å². The molecule has 0 atom stereocenters. The summed E-state index contributed by atoms with van der Waals surface area (Å²) in [5.41, 5.74) is 5.16. The summed E-state index contributed by atoms with van der Waals surface area (Å²) in [6, 6.07) is 0. The third-order valence-electron chi connectivity index (χ3n) is 4.02. The van der Waals surface area contributed by atoms with E-state index < -0.39 is 5.41 Å². The van der Waals surface area contributed by atoms with Crippen LogP contribution in [0.4, 0.5) is 0 Å². The fourth-order valence-corrected chi connectivity index (χ4v) is 2.08. The predicted octanol–water partition coefficient (Wildman–Crippen LogP) is 0.819. The van der Waals surface area contributed by atoms with E-state index in [0.717, 1.165) is 6.42 Å². The van der Waals surface area contributed by atoms with Crippen LogP contribution in [0.3, 0.4) is 0 Å². The summed E-state index contributed by atoms with van der Waals surface area (Å²) in [4.78, 5) is 12.0. The lowest BCUT2D eigenvalue weighted by molar-refractivity contribution is -0.131. The number of carbonyl (C=O) groups is 1. The maximum Gasteiger partial charge on any atom is 0.233 e. The Morgan fingerprint density at radius 2 is 2.06 bits per heavy atom. The van der Waals surface area contributed by atoms with Crippen LogP contribution in [0.2, 0.25) is 0 Å². The Hall–Kier alpha value is -1.26. The lowest BCUT2D eigenvalue weighted by atomic mass is 9.67. The monoisotopic (exact) mass is 225 g/mol. The van der Waals surface area contributed by atoms with E-state index >= 15 is 0 Å². The van der Waals surface area contributed by atoms with Crippen molar-refractivity contribution in [1.29, 1.82) is 0 Å². The highest BCUT2D eigenvalue weighted by Crippen LogP contribution is 2.45. The number of rotatable bonds is 4. The van der Waals surface area contributed by atoms with Crippen LogP contribution in [0.1, 0.15) is 39.0 Å². The van der Waals surface area contributed by atoms with Gasteiger partial charge in [0.15, 0.2) is 5.84 Å². The molecular formula is C11H19N3O2. The van der Waals surface area contributed by atoms with Crippen molar-refractivity contribution in [2.75, 3.05) is 6.54 Å². The number of nitrogens with one attached hydrogen (secondary N) is 1. The first-order valence-electron chi connectivity index (χ1n) is 5.79.